The highest BCUT2D eigenvalue weighted by molar-refractivity contribution is 4.79. The summed E-state index contributed by atoms with van der Waals surface area (Å²) in [4.78, 5) is 0. The fourth-order valence-corrected chi connectivity index (χ4v) is 2.57. The molecule has 0 aromatic heterocycles. The van der Waals surface area contributed by atoms with Gasteiger partial charge in [0.2, 0.25) is 0 Å². The van der Waals surface area contributed by atoms with Crippen molar-refractivity contribution >= 4 is 0 Å². The highest BCUT2D eigenvalue weighted by atomic mass is 16.5. The van der Waals surface area contributed by atoms with Crippen molar-refractivity contribution < 1.29 is 4.74 Å². The normalized spacial score (nSPS) is 12.0. The smallest absolute Gasteiger partial charge is 0.0522 e. The first-order valence-corrected chi connectivity index (χ1v) is 7.82. The van der Waals surface area contributed by atoms with Crippen molar-refractivity contribution in [2.24, 2.45) is 5.41 Å². The van der Waals surface area contributed by atoms with Crippen LogP contribution in [0.1, 0.15) is 85.5 Å². The summed E-state index contributed by atoms with van der Waals surface area (Å²) in [5.41, 5.74) is 0.484. The zero-order valence-electron chi connectivity index (χ0n) is 12.7. The molecule has 0 aliphatic carbocycles. The van der Waals surface area contributed by atoms with Gasteiger partial charge in [-0.2, -0.15) is 0 Å². The van der Waals surface area contributed by atoms with Gasteiger partial charge in [-0.1, -0.05) is 59.3 Å². The predicted octanol–water partition coefficient (Wildman–Crippen LogP) is 5.58. The van der Waals surface area contributed by atoms with Gasteiger partial charge in [0.15, 0.2) is 0 Å². The standard InChI is InChI=1S/C16H34O/c1-5-9-12-16(13-10-6-2,14-11-7-3)15-17-8-4/h5-15H2,1-4H3. The summed E-state index contributed by atoms with van der Waals surface area (Å²) in [5.74, 6) is 0. The lowest BCUT2D eigenvalue weighted by Crippen LogP contribution is -2.27. The Kier molecular flexibility index (Phi) is 11.0. The monoisotopic (exact) mass is 242 g/mol. The summed E-state index contributed by atoms with van der Waals surface area (Å²) < 4.78 is 5.79. The Balaban J connectivity index is 4.39. The van der Waals surface area contributed by atoms with Crippen LogP contribution in [0.5, 0.6) is 0 Å². The van der Waals surface area contributed by atoms with Gasteiger partial charge in [0.05, 0.1) is 6.61 Å². The maximum Gasteiger partial charge on any atom is 0.0522 e. The van der Waals surface area contributed by atoms with Crippen molar-refractivity contribution in [3.63, 3.8) is 0 Å². The molecule has 0 heterocycles. The zero-order valence-corrected chi connectivity index (χ0v) is 12.7. The molecule has 0 amide bonds. The van der Waals surface area contributed by atoms with Crippen LogP contribution in [0.15, 0.2) is 0 Å². The molecule has 104 valence electrons. The van der Waals surface area contributed by atoms with Gasteiger partial charge in [-0.05, 0) is 31.6 Å². The molecule has 17 heavy (non-hydrogen) atoms. The molecule has 0 bridgehead atoms. The van der Waals surface area contributed by atoms with Crippen molar-refractivity contribution in [2.75, 3.05) is 13.2 Å². The van der Waals surface area contributed by atoms with Crippen molar-refractivity contribution in [3.05, 3.63) is 0 Å². The summed E-state index contributed by atoms with van der Waals surface area (Å²) in [5, 5.41) is 0. The largest absolute Gasteiger partial charge is 0.381 e. The molecular weight excluding hydrogens is 208 g/mol. The summed E-state index contributed by atoms with van der Waals surface area (Å²) >= 11 is 0. The molecule has 1 nitrogen and oxygen atoms in total. The average molecular weight is 242 g/mol. The lowest BCUT2D eigenvalue weighted by molar-refractivity contribution is 0.0286. The molecule has 0 atom stereocenters. The topological polar surface area (TPSA) is 9.23 Å². The first-order chi connectivity index (χ1) is 8.24. The van der Waals surface area contributed by atoms with Crippen LogP contribution in [0.25, 0.3) is 0 Å². The molecule has 0 N–H and O–H groups in total. The lowest BCUT2D eigenvalue weighted by Gasteiger charge is -2.34. The minimum absolute atomic E-state index is 0.484. The molecule has 0 saturated carbocycles. The molecule has 0 aliphatic rings. The van der Waals surface area contributed by atoms with Crippen LogP contribution in [-0.2, 0) is 4.74 Å². The summed E-state index contributed by atoms with van der Waals surface area (Å²) in [6, 6.07) is 0. The SMILES string of the molecule is CCCCC(CCCC)(CCCC)COCC. The Labute approximate surface area is 109 Å². The Hall–Kier alpha value is -0.0400. The van der Waals surface area contributed by atoms with Crippen LogP contribution in [0.2, 0.25) is 0 Å². The van der Waals surface area contributed by atoms with E-state index in [-0.39, 0.29) is 0 Å². The van der Waals surface area contributed by atoms with E-state index >= 15 is 0 Å². The van der Waals surface area contributed by atoms with Crippen molar-refractivity contribution in [2.45, 2.75) is 85.5 Å². The fourth-order valence-electron chi connectivity index (χ4n) is 2.57. The van der Waals surface area contributed by atoms with Crippen molar-refractivity contribution in [1.29, 1.82) is 0 Å². The maximum atomic E-state index is 5.79. The number of hydrogen-bond acceptors (Lipinski definition) is 1. The minimum atomic E-state index is 0.484. The lowest BCUT2D eigenvalue weighted by atomic mass is 9.75. The number of unbranched alkanes of at least 4 members (excludes halogenated alkanes) is 3. The summed E-state index contributed by atoms with van der Waals surface area (Å²) in [7, 11) is 0. The zero-order chi connectivity index (χ0) is 13.0. The molecule has 0 radical (unpaired) electrons. The van der Waals surface area contributed by atoms with E-state index in [2.05, 4.69) is 27.7 Å². The van der Waals surface area contributed by atoms with Crippen LogP contribution in [0, 0.1) is 5.41 Å². The molecular formula is C16H34O. The fraction of sp³-hybridized carbons (Fsp3) is 1.00. The minimum Gasteiger partial charge on any atom is -0.381 e. The van der Waals surface area contributed by atoms with E-state index in [0.717, 1.165) is 13.2 Å². The van der Waals surface area contributed by atoms with Gasteiger partial charge in [-0.25, -0.2) is 0 Å². The molecule has 0 unspecified atom stereocenters. The second kappa shape index (κ2) is 11.1. The Bertz CT molecular complexity index is 116. The summed E-state index contributed by atoms with van der Waals surface area (Å²) in [6.45, 7) is 10.9. The third-order valence-electron chi connectivity index (χ3n) is 3.79. The first kappa shape index (κ1) is 17.0. The molecule has 0 aliphatic heterocycles. The number of rotatable bonds is 12. The van der Waals surface area contributed by atoms with Crippen LogP contribution < -0.4 is 0 Å². The van der Waals surface area contributed by atoms with Crippen molar-refractivity contribution in [3.8, 4) is 0 Å². The molecule has 0 saturated heterocycles. The van der Waals surface area contributed by atoms with Gasteiger partial charge >= 0.3 is 0 Å². The highest BCUT2D eigenvalue weighted by Crippen LogP contribution is 2.37. The van der Waals surface area contributed by atoms with E-state index in [1.54, 1.807) is 0 Å². The molecule has 0 rings (SSSR count). The van der Waals surface area contributed by atoms with Crippen LogP contribution in [0.4, 0.5) is 0 Å². The summed E-state index contributed by atoms with van der Waals surface area (Å²) in [6.07, 6.45) is 12.1. The number of ether oxygens (including phenoxy) is 1. The van der Waals surface area contributed by atoms with Crippen molar-refractivity contribution in [1.82, 2.24) is 0 Å². The van der Waals surface area contributed by atoms with Crippen LogP contribution >= 0.6 is 0 Å². The van der Waals surface area contributed by atoms with E-state index < -0.39 is 0 Å². The quantitative estimate of drug-likeness (QED) is 0.434. The van der Waals surface area contributed by atoms with Gasteiger partial charge in [0.1, 0.15) is 0 Å². The molecule has 1 heteroatoms. The third-order valence-corrected chi connectivity index (χ3v) is 3.79. The van der Waals surface area contributed by atoms with Crippen LogP contribution in [-0.4, -0.2) is 13.2 Å². The highest BCUT2D eigenvalue weighted by Gasteiger charge is 2.28. The predicted molar refractivity (Wildman–Crippen MR) is 77.5 cm³/mol. The third kappa shape index (κ3) is 7.81. The van der Waals surface area contributed by atoms with E-state index in [1.807, 2.05) is 0 Å². The van der Waals surface area contributed by atoms with Crippen LogP contribution in [0.3, 0.4) is 0 Å². The van der Waals surface area contributed by atoms with E-state index in [0.29, 0.717) is 5.41 Å². The first-order valence-electron chi connectivity index (χ1n) is 7.82. The molecule has 0 aromatic rings. The molecule has 0 aromatic carbocycles. The Morgan fingerprint density at radius 3 is 1.41 bits per heavy atom. The molecule has 0 spiro atoms. The Morgan fingerprint density at radius 1 is 0.706 bits per heavy atom. The number of hydrogen-bond donors (Lipinski definition) is 0. The van der Waals surface area contributed by atoms with E-state index in [1.165, 1.54) is 57.8 Å². The average Bonchev–Trinajstić information content (AvgIpc) is 2.37. The maximum absolute atomic E-state index is 5.79. The Morgan fingerprint density at radius 2 is 1.12 bits per heavy atom. The second-order valence-electron chi connectivity index (χ2n) is 5.45. The van der Waals surface area contributed by atoms with Gasteiger partial charge < -0.3 is 4.74 Å². The molecule has 0 fully saturated rings. The van der Waals surface area contributed by atoms with Gasteiger partial charge in [0, 0.05) is 6.61 Å². The van der Waals surface area contributed by atoms with E-state index in [9.17, 15) is 0 Å². The second-order valence-corrected chi connectivity index (χ2v) is 5.45. The van der Waals surface area contributed by atoms with Gasteiger partial charge in [-0.15, -0.1) is 0 Å². The van der Waals surface area contributed by atoms with E-state index in [4.69, 9.17) is 4.74 Å². The van der Waals surface area contributed by atoms with Gasteiger partial charge in [-0.3, -0.25) is 0 Å². The van der Waals surface area contributed by atoms with Gasteiger partial charge in [0.25, 0.3) is 0 Å².